The second kappa shape index (κ2) is 2.98. The summed E-state index contributed by atoms with van der Waals surface area (Å²) in [6, 6.07) is 0. The number of hydrogen-bond donors (Lipinski definition) is 3. The van der Waals surface area contributed by atoms with Crippen LogP contribution in [0.25, 0.3) is 0 Å². The highest BCUT2D eigenvalue weighted by Crippen LogP contribution is 1.67. The van der Waals surface area contributed by atoms with E-state index in [2.05, 4.69) is 0 Å². The normalized spacial score (nSPS) is 11.8. The summed E-state index contributed by atoms with van der Waals surface area (Å²) in [4.78, 5) is 0. The van der Waals surface area contributed by atoms with Gasteiger partial charge in [0.1, 0.15) is 0 Å². The maximum atomic E-state index is 9.78. The van der Waals surface area contributed by atoms with Gasteiger partial charge in [0.05, 0.1) is 0 Å². The first kappa shape index (κ1) is 7.83. The van der Waals surface area contributed by atoms with Crippen molar-refractivity contribution >= 4 is 10.3 Å². The second-order valence-corrected chi connectivity index (χ2v) is 2.40. The molecule has 6 heteroatoms. The van der Waals surface area contributed by atoms with Crippen LogP contribution in [0, 0.1) is 0 Å². The van der Waals surface area contributed by atoms with Gasteiger partial charge in [0.2, 0.25) is 0 Å². The lowest BCUT2D eigenvalue weighted by Crippen LogP contribution is -2.28. The van der Waals surface area contributed by atoms with E-state index in [0.717, 1.165) is 0 Å². The molecule has 0 unspecified atom stereocenters. The van der Waals surface area contributed by atoms with Crippen molar-refractivity contribution in [2.45, 2.75) is 0 Å². The van der Waals surface area contributed by atoms with Crippen LogP contribution in [-0.2, 0) is 10.3 Å². The van der Waals surface area contributed by atoms with Gasteiger partial charge in [-0.15, -0.1) is 0 Å². The van der Waals surface area contributed by atoms with Crippen molar-refractivity contribution in [2.24, 2.45) is 5.73 Å². The largest absolute Gasteiger partial charge is 0.333 e. The Hall–Kier alpha value is -0.170. The molecule has 0 aromatic heterocycles. The number of nitrogens with two attached hydrogens (primary N) is 1. The molecule has 0 amide bonds. The standard InChI is InChI=1S/C2H8N2O3S/c3-1-2-4-8(5,6)7/h4H,1-3H2,(H,5,6,7). The van der Waals surface area contributed by atoms with E-state index in [1.54, 1.807) is 4.72 Å². The van der Waals surface area contributed by atoms with E-state index in [9.17, 15) is 8.42 Å². The Balaban J connectivity index is 3.42. The fourth-order valence-corrected chi connectivity index (χ4v) is 0.564. The summed E-state index contributed by atoms with van der Waals surface area (Å²) in [6.45, 7) is 0.249. The maximum Gasteiger partial charge on any atom is 0.333 e. The molecule has 0 aliphatic rings. The van der Waals surface area contributed by atoms with Crippen LogP contribution in [0.4, 0.5) is 0 Å². The van der Waals surface area contributed by atoms with Crippen molar-refractivity contribution < 1.29 is 13.0 Å². The smallest absolute Gasteiger partial charge is 0.329 e. The van der Waals surface area contributed by atoms with Gasteiger partial charge in [-0.25, -0.2) is 0 Å². The Labute approximate surface area is 47.8 Å². The second-order valence-electron chi connectivity index (χ2n) is 1.16. The summed E-state index contributed by atoms with van der Waals surface area (Å²) in [5, 5.41) is 0. The van der Waals surface area contributed by atoms with E-state index in [1.165, 1.54) is 0 Å². The van der Waals surface area contributed by atoms with Gasteiger partial charge in [-0.1, -0.05) is 0 Å². The molecule has 8 heavy (non-hydrogen) atoms. The molecule has 0 bridgehead atoms. The van der Waals surface area contributed by atoms with E-state index in [1.807, 2.05) is 0 Å². The Morgan fingerprint density at radius 3 is 2.25 bits per heavy atom. The molecule has 0 aromatic carbocycles. The molecule has 0 fully saturated rings. The lowest BCUT2D eigenvalue weighted by Gasteiger charge is -1.93. The summed E-state index contributed by atoms with van der Waals surface area (Å²) in [5.41, 5.74) is 4.90. The quantitative estimate of drug-likeness (QED) is 0.409. The third-order valence-electron chi connectivity index (χ3n) is 0.429. The Morgan fingerprint density at radius 1 is 1.62 bits per heavy atom. The van der Waals surface area contributed by atoms with Crippen LogP contribution >= 0.6 is 0 Å². The highest BCUT2D eigenvalue weighted by molar-refractivity contribution is 7.83. The lowest BCUT2D eigenvalue weighted by atomic mass is 10.7. The first-order valence-corrected chi connectivity index (χ1v) is 3.42. The molecule has 0 radical (unpaired) electrons. The molecule has 0 aromatic rings. The van der Waals surface area contributed by atoms with Crippen molar-refractivity contribution in [1.29, 1.82) is 0 Å². The molecular formula is C2H8N2O3S. The van der Waals surface area contributed by atoms with Crippen LogP contribution in [0.2, 0.25) is 0 Å². The molecule has 0 atom stereocenters. The topological polar surface area (TPSA) is 92.4 Å². The van der Waals surface area contributed by atoms with E-state index < -0.39 is 10.3 Å². The fraction of sp³-hybridized carbons (Fsp3) is 1.00. The summed E-state index contributed by atoms with van der Waals surface area (Å²) in [7, 11) is -4.02. The van der Waals surface area contributed by atoms with E-state index in [4.69, 9.17) is 10.3 Å². The fourth-order valence-electron chi connectivity index (χ4n) is 0.188. The van der Waals surface area contributed by atoms with Crippen LogP contribution in [0.15, 0.2) is 0 Å². The minimum absolute atomic E-state index is 0.0683. The highest BCUT2D eigenvalue weighted by atomic mass is 32.2. The predicted molar refractivity (Wildman–Crippen MR) is 28.6 cm³/mol. The lowest BCUT2D eigenvalue weighted by molar-refractivity contribution is 0.468. The predicted octanol–water partition coefficient (Wildman–Crippen LogP) is -1.66. The van der Waals surface area contributed by atoms with Crippen molar-refractivity contribution in [3.05, 3.63) is 0 Å². The summed E-state index contributed by atoms with van der Waals surface area (Å²) < 4.78 is 29.3. The molecule has 0 saturated heterocycles. The number of nitrogens with one attached hydrogen (secondary N) is 1. The van der Waals surface area contributed by atoms with E-state index >= 15 is 0 Å². The Kier molecular flexibility index (Phi) is 2.91. The van der Waals surface area contributed by atoms with Crippen LogP contribution in [-0.4, -0.2) is 26.1 Å². The van der Waals surface area contributed by atoms with Gasteiger partial charge in [-0.05, 0) is 0 Å². The van der Waals surface area contributed by atoms with E-state index in [0.29, 0.717) is 0 Å². The van der Waals surface area contributed by atoms with Crippen LogP contribution in [0.5, 0.6) is 0 Å². The van der Waals surface area contributed by atoms with Crippen molar-refractivity contribution in [3.8, 4) is 0 Å². The molecule has 0 saturated carbocycles. The van der Waals surface area contributed by atoms with Gasteiger partial charge in [0.15, 0.2) is 0 Å². The van der Waals surface area contributed by atoms with Crippen LogP contribution in [0.1, 0.15) is 0 Å². The number of hydrogen-bond acceptors (Lipinski definition) is 3. The molecule has 0 aliphatic heterocycles. The number of rotatable bonds is 3. The summed E-state index contributed by atoms with van der Waals surface area (Å²) in [6.07, 6.45) is 0. The highest BCUT2D eigenvalue weighted by Gasteiger charge is 1.97. The summed E-state index contributed by atoms with van der Waals surface area (Å²) >= 11 is 0. The summed E-state index contributed by atoms with van der Waals surface area (Å²) in [5.74, 6) is 0. The zero-order chi connectivity index (χ0) is 6.62. The molecule has 50 valence electrons. The van der Waals surface area contributed by atoms with Gasteiger partial charge < -0.3 is 5.73 Å². The molecule has 0 heterocycles. The molecule has 0 aliphatic carbocycles. The van der Waals surface area contributed by atoms with E-state index in [-0.39, 0.29) is 13.1 Å². The van der Waals surface area contributed by atoms with Crippen LogP contribution in [0.3, 0.4) is 0 Å². The molecule has 0 rings (SSSR count). The Morgan fingerprint density at radius 2 is 2.12 bits per heavy atom. The first-order valence-electron chi connectivity index (χ1n) is 1.98. The van der Waals surface area contributed by atoms with Crippen molar-refractivity contribution in [3.63, 3.8) is 0 Å². The molecular weight excluding hydrogens is 132 g/mol. The third kappa shape index (κ3) is 5.83. The van der Waals surface area contributed by atoms with Gasteiger partial charge in [-0.3, -0.25) is 4.55 Å². The average molecular weight is 140 g/mol. The van der Waals surface area contributed by atoms with Gasteiger partial charge >= 0.3 is 10.3 Å². The molecule has 4 N–H and O–H groups in total. The van der Waals surface area contributed by atoms with Gasteiger partial charge in [-0.2, -0.15) is 13.1 Å². The monoisotopic (exact) mass is 140 g/mol. The SMILES string of the molecule is NCCNS(=O)(=O)O. The van der Waals surface area contributed by atoms with Crippen LogP contribution < -0.4 is 10.5 Å². The maximum absolute atomic E-state index is 9.78. The minimum atomic E-state index is -4.02. The third-order valence-corrected chi connectivity index (χ3v) is 0.998. The molecule has 5 nitrogen and oxygen atoms in total. The first-order chi connectivity index (χ1) is 3.56. The Bertz CT molecular complexity index is 139. The molecule has 0 spiro atoms. The van der Waals surface area contributed by atoms with Crippen molar-refractivity contribution in [2.75, 3.05) is 13.1 Å². The zero-order valence-corrected chi connectivity index (χ0v) is 4.98. The average Bonchev–Trinajstić information content (AvgIpc) is 1.59. The zero-order valence-electron chi connectivity index (χ0n) is 4.16. The van der Waals surface area contributed by atoms with Gasteiger partial charge in [0, 0.05) is 13.1 Å². The minimum Gasteiger partial charge on any atom is -0.329 e. The van der Waals surface area contributed by atoms with Crippen molar-refractivity contribution in [1.82, 2.24) is 4.72 Å². The van der Waals surface area contributed by atoms with Gasteiger partial charge in [0.25, 0.3) is 0 Å².